The van der Waals surface area contributed by atoms with E-state index in [1.807, 2.05) is 54.6 Å². The Bertz CT molecular complexity index is 2940. The van der Waals surface area contributed by atoms with E-state index in [1.165, 1.54) is 0 Å². The standard InChI is InChI=1S/C48H33N5O/c1-53-27-35-36(28-53)48-45(33-20-12-5-13-21-33)40-25-24-38(50-40)43(31-16-8-3-9-17-31)46-34(29-54)26-41(51-46)42(30-14-6-2-7-15-30)37-22-23-39(49-37)44(47(35)52-48)32-18-10-4-11-19-32/h2-29,49-50H,1H3. The van der Waals surface area contributed by atoms with Crippen molar-refractivity contribution in [2.24, 2.45) is 7.05 Å². The number of H-pyrrole nitrogens is 2. The van der Waals surface area contributed by atoms with Gasteiger partial charge in [0.05, 0.1) is 22.8 Å². The van der Waals surface area contributed by atoms with Crippen LogP contribution in [0.4, 0.5) is 0 Å². The third kappa shape index (κ3) is 5.15. The third-order valence-electron chi connectivity index (χ3n) is 10.3. The second kappa shape index (κ2) is 12.7. The molecule has 256 valence electrons. The van der Waals surface area contributed by atoms with Gasteiger partial charge in [-0.1, -0.05) is 121 Å². The Balaban J connectivity index is 1.47. The fourth-order valence-electron chi connectivity index (χ4n) is 7.92. The van der Waals surface area contributed by atoms with Gasteiger partial charge in [-0.25, -0.2) is 9.97 Å². The van der Waals surface area contributed by atoms with Crippen molar-refractivity contribution in [2.75, 3.05) is 0 Å². The monoisotopic (exact) mass is 695 g/mol. The molecule has 0 atom stereocenters. The van der Waals surface area contributed by atoms with Crippen molar-refractivity contribution in [3.8, 4) is 67.0 Å². The SMILES string of the molecule is Cn1cc2c(c1)-c1nc-2c(-c2ccccc2)c2ccc([nH]2)c(-c2ccccc2)c2nc(c(-c3ccccc3)c3ccc([nH]3)c1-c1ccccc1)C(C=O)=C2. The molecule has 54 heavy (non-hydrogen) atoms. The minimum atomic E-state index is 0.515. The molecule has 2 N–H and O–H groups in total. The van der Waals surface area contributed by atoms with E-state index in [-0.39, 0.29) is 0 Å². The molecule has 4 aromatic carbocycles. The molecule has 2 aliphatic heterocycles. The highest BCUT2D eigenvalue weighted by molar-refractivity contribution is 6.18. The predicted octanol–water partition coefficient (Wildman–Crippen LogP) is 11.4. The average Bonchev–Trinajstić information content (AvgIpc) is 4.07. The maximum absolute atomic E-state index is 13.0. The Morgan fingerprint density at radius 2 is 0.833 bits per heavy atom. The van der Waals surface area contributed by atoms with Gasteiger partial charge in [-0.15, -0.1) is 0 Å². The summed E-state index contributed by atoms with van der Waals surface area (Å²) in [6.45, 7) is 0. The van der Waals surface area contributed by atoms with Crippen LogP contribution in [-0.2, 0) is 11.8 Å². The Morgan fingerprint density at radius 3 is 1.24 bits per heavy atom. The number of aromatic nitrogens is 5. The van der Waals surface area contributed by atoms with Crippen LogP contribution >= 0.6 is 0 Å². The van der Waals surface area contributed by atoms with Gasteiger partial charge in [0.2, 0.25) is 0 Å². The van der Waals surface area contributed by atoms with Crippen molar-refractivity contribution in [3.63, 3.8) is 0 Å². The zero-order valence-corrected chi connectivity index (χ0v) is 29.4. The van der Waals surface area contributed by atoms with E-state index in [9.17, 15) is 4.79 Å². The van der Waals surface area contributed by atoms with E-state index in [2.05, 4.69) is 131 Å². The van der Waals surface area contributed by atoms with E-state index in [4.69, 9.17) is 9.97 Å². The molecule has 0 radical (unpaired) electrons. The Morgan fingerprint density at radius 1 is 0.463 bits per heavy atom. The zero-order chi connectivity index (χ0) is 36.2. The van der Waals surface area contributed by atoms with Crippen LogP contribution < -0.4 is 0 Å². The number of carbonyl (C=O) groups is 1. The molecule has 0 fully saturated rings. The lowest BCUT2D eigenvalue weighted by Gasteiger charge is -2.07. The van der Waals surface area contributed by atoms with E-state index in [0.29, 0.717) is 17.0 Å². The molecule has 0 saturated heterocycles. The first-order chi connectivity index (χ1) is 26.6. The molecular weight excluding hydrogens is 663 g/mol. The third-order valence-corrected chi connectivity index (χ3v) is 10.3. The molecule has 0 unspecified atom stereocenters. The first kappa shape index (κ1) is 31.4. The summed E-state index contributed by atoms with van der Waals surface area (Å²) in [6.07, 6.45) is 7.17. The number of allylic oxidation sites excluding steroid dienone is 1. The van der Waals surface area contributed by atoms with Gasteiger partial charge < -0.3 is 14.5 Å². The molecular formula is C48H33N5O. The Hall–Kier alpha value is -7.31. The summed E-state index contributed by atoms with van der Waals surface area (Å²) in [5.41, 5.74) is 17.0. The highest BCUT2D eigenvalue weighted by atomic mass is 16.1. The first-order valence-corrected chi connectivity index (χ1v) is 18.0. The number of aryl methyl sites for hydroxylation is 1. The van der Waals surface area contributed by atoms with E-state index in [0.717, 1.165) is 95.4 Å². The molecule has 0 saturated carbocycles. The predicted molar refractivity (Wildman–Crippen MR) is 220 cm³/mol. The summed E-state index contributed by atoms with van der Waals surface area (Å²) in [6, 6.07) is 49.7. The van der Waals surface area contributed by atoms with Crippen LogP contribution in [0, 0.1) is 0 Å². The minimum absolute atomic E-state index is 0.515. The number of aldehydes is 1. The number of fused-ring (bicyclic) bond motifs is 11. The zero-order valence-electron chi connectivity index (χ0n) is 29.4. The van der Waals surface area contributed by atoms with Gasteiger partial charge in [-0.3, -0.25) is 4.79 Å². The maximum atomic E-state index is 13.0. The molecule has 4 aromatic heterocycles. The van der Waals surface area contributed by atoms with Gasteiger partial charge in [0.25, 0.3) is 0 Å². The molecule has 0 spiro atoms. The van der Waals surface area contributed by atoms with Crippen molar-refractivity contribution in [2.45, 2.75) is 0 Å². The lowest BCUT2D eigenvalue weighted by atomic mass is 9.98. The number of rotatable bonds is 5. The number of nitrogens with one attached hydrogen (secondary N) is 2. The van der Waals surface area contributed by atoms with Crippen LogP contribution in [-0.4, -0.2) is 30.8 Å². The fourth-order valence-corrected chi connectivity index (χ4v) is 7.92. The summed E-state index contributed by atoms with van der Waals surface area (Å²) in [5, 5.41) is 0. The van der Waals surface area contributed by atoms with Gasteiger partial charge in [-0.05, 0) is 52.6 Å². The quantitative estimate of drug-likeness (QED) is 0.176. The van der Waals surface area contributed by atoms with Crippen LogP contribution in [0.15, 0.2) is 158 Å². The highest BCUT2D eigenvalue weighted by Gasteiger charge is 2.27. The smallest absolute Gasteiger partial charge is 0.152 e. The van der Waals surface area contributed by atoms with E-state index in [1.54, 1.807) is 0 Å². The van der Waals surface area contributed by atoms with Crippen molar-refractivity contribution < 1.29 is 4.79 Å². The van der Waals surface area contributed by atoms with Crippen LogP contribution in [0.5, 0.6) is 0 Å². The van der Waals surface area contributed by atoms with E-state index >= 15 is 0 Å². The van der Waals surface area contributed by atoms with Gasteiger partial charge in [0.1, 0.15) is 0 Å². The summed E-state index contributed by atoms with van der Waals surface area (Å²) in [5.74, 6) is 0. The molecule has 10 rings (SSSR count). The summed E-state index contributed by atoms with van der Waals surface area (Å²) in [4.78, 5) is 31.6. The van der Waals surface area contributed by atoms with Crippen LogP contribution in [0.2, 0.25) is 0 Å². The molecule has 6 heterocycles. The van der Waals surface area contributed by atoms with Gasteiger partial charge >= 0.3 is 0 Å². The maximum Gasteiger partial charge on any atom is 0.152 e. The number of aromatic amines is 2. The highest BCUT2D eigenvalue weighted by Crippen LogP contribution is 2.47. The fraction of sp³-hybridized carbons (Fsp3) is 0.0208. The number of hydrogen-bond acceptors (Lipinski definition) is 3. The van der Waals surface area contributed by atoms with Crippen LogP contribution in [0.25, 0.3) is 101 Å². The summed E-state index contributed by atoms with van der Waals surface area (Å²) in [7, 11) is 2.07. The van der Waals surface area contributed by atoms with Crippen molar-refractivity contribution in [3.05, 3.63) is 169 Å². The first-order valence-electron chi connectivity index (χ1n) is 18.0. The van der Waals surface area contributed by atoms with Crippen molar-refractivity contribution >= 4 is 40.0 Å². The van der Waals surface area contributed by atoms with Crippen molar-refractivity contribution in [1.29, 1.82) is 0 Å². The summed E-state index contributed by atoms with van der Waals surface area (Å²) >= 11 is 0. The second-order valence-electron chi connectivity index (χ2n) is 13.7. The molecule has 6 nitrogen and oxygen atoms in total. The second-order valence-corrected chi connectivity index (χ2v) is 13.7. The lowest BCUT2D eigenvalue weighted by Crippen LogP contribution is -1.91. The minimum Gasteiger partial charge on any atom is -0.356 e. The lowest BCUT2D eigenvalue weighted by molar-refractivity contribution is -0.103. The van der Waals surface area contributed by atoms with Gasteiger partial charge in [-0.2, -0.15) is 0 Å². The normalized spacial score (nSPS) is 12.0. The van der Waals surface area contributed by atoms with Gasteiger partial charge in [0.15, 0.2) is 6.29 Å². The molecule has 8 bridgehead atoms. The summed E-state index contributed by atoms with van der Waals surface area (Å²) < 4.78 is 2.12. The Kier molecular flexibility index (Phi) is 7.40. The van der Waals surface area contributed by atoms with Crippen LogP contribution in [0.3, 0.4) is 0 Å². The topological polar surface area (TPSA) is 79.4 Å². The molecule has 8 aromatic rings. The number of hydrogen-bond donors (Lipinski definition) is 2. The molecule has 0 aliphatic carbocycles. The number of carbonyl (C=O) groups excluding carboxylic acids is 1. The van der Waals surface area contributed by atoms with E-state index < -0.39 is 0 Å². The molecule has 0 amide bonds. The Labute approximate surface area is 311 Å². The average molecular weight is 696 g/mol. The number of nitrogens with zero attached hydrogens (tertiary/aromatic N) is 3. The van der Waals surface area contributed by atoms with Crippen LogP contribution in [0.1, 0.15) is 11.4 Å². The molecule has 2 aliphatic rings. The van der Waals surface area contributed by atoms with Gasteiger partial charge in [0, 0.05) is 80.5 Å². The molecule has 6 heteroatoms. The largest absolute Gasteiger partial charge is 0.356 e. The number of benzene rings is 4. The van der Waals surface area contributed by atoms with Crippen molar-refractivity contribution in [1.82, 2.24) is 24.5 Å².